The maximum Gasteiger partial charge on any atom is 0.238 e. The first-order valence-corrected chi connectivity index (χ1v) is 7.69. The van der Waals surface area contributed by atoms with Gasteiger partial charge in [0.2, 0.25) is 5.91 Å². The van der Waals surface area contributed by atoms with Crippen molar-refractivity contribution < 1.29 is 4.79 Å². The van der Waals surface area contributed by atoms with Crippen LogP contribution >= 0.6 is 0 Å². The van der Waals surface area contributed by atoms with E-state index in [0.29, 0.717) is 12.6 Å². The number of carbonyl (C=O) groups excluding carboxylic acids is 1. The Morgan fingerprint density at radius 2 is 1.68 bits per heavy atom. The number of para-hydroxylation sites is 1. The van der Waals surface area contributed by atoms with Crippen LogP contribution in [0.25, 0.3) is 0 Å². The van der Waals surface area contributed by atoms with Gasteiger partial charge in [-0.3, -0.25) is 9.69 Å². The van der Waals surface area contributed by atoms with Crippen LogP contribution in [0.15, 0.2) is 54.6 Å². The van der Waals surface area contributed by atoms with Crippen LogP contribution in [-0.2, 0) is 11.3 Å². The Kier molecular flexibility index (Phi) is 5.73. The van der Waals surface area contributed by atoms with Crippen molar-refractivity contribution in [3.05, 3.63) is 65.7 Å². The van der Waals surface area contributed by atoms with Crippen molar-refractivity contribution >= 4 is 11.6 Å². The van der Waals surface area contributed by atoms with Crippen molar-refractivity contribution in [1.82, 2.24) is 4.90 Å². The van der Waals surface area contributed by atoms with Gasteiger partial charge in [-0.05, 0) is 38.0 Å². The van der Waals surface area contributed by atoms with E-state index < -0.39 is 0 Å². The molecule has 0 bridgehead atoms. The van der Waals surface area contributed by atoms with Gasteiger partial charge in [0, 0.05) is 18.3 Å². The van der Waals surface area contributed by atoms with Gasteiger partial charge in [-0.1, -0.05) is 48.5 Å². The van der Waals surface area contributed by atoms with Crippen LogP contribution in [0.3, 0.4) is 0 Å². The third kappa shape index (κ3) is 4.71. The highest BCUT2D eigenvalue weighted by Crippen LogP contribution is 2.14. The Balaban J connectivity index is 1.99. The minimum absolute atomic E-state index is 0.0268. The Bertz CT molecular complexity index is 608. The number of benzene rings is 2. The SMILES string of the molecule is Cc1ccccc1NC(=O)CN(Cc1ccccc1)C(C)C. The van der Waals surface area contributed by atoms with Crippen molar-refractivity contribution in [3.63, 3.8) is 0 Å². The number of amides is 1. The topological polar surface area (TPSA) is 32.3 Å². The van der Waals surface area contributed by atoms with Crippen molar-refractivity contribution in [3.8, 4) is 0 Å². The predicted octanol–water partition coefficient (Wildman–Crippen LogP) is 3.84. The minimum Gasteiger partial charge on any atom is -0.325 e. The molecule has 2 aromatic rings. The molecule has 0 aliphatic heterocycles. The Morgan fingerprint density at radius 3 is 2.32 bits per heavy atom. The molecule has 2 aromatic carbocycles. The van der Waals surface area contributed by atoms with Gasteiger partial charge >= 0.3 is 0 Å². The average Bonchev–Trinajstić information content (AvgIpc) is 2.50. The first-order chi connectivity index (χ1) is 10.6. The van der Waals surface area contributed by atoms with Gasteiger partial charge in [-0.25, -0.2) is 0 Å². The number of hydrogen-bond acceptors (Lipinski definition) is 2. The molecule has 3 nitrogen and oxygen atoms in total. The fourth-order valence-corrected chi connectivity index (χ4v) is 2.33. The lowest BCUT2D eigenvalue weighted by Gasteiger charge is -2.26. The monoisotopic (exact) mass is 296 g/mol. The zero-order valence-corrected chi connectivity index (χ0v) is 13.5. The molecule has 1 N–H and O–H groups in total. The summed E-state index contributed by atoms with van der Waals surface area (Å²) in [6.45, 7) is 7.40. The molecule has 0 saturated heterocycles. The van der Waals surface area contributed by atoms with Crippen LogP contribution in [0.4, 0.5) is 5.69 Å². The smallest absolute Gasteiger partial charge is 0.238 e. The molecular formula is C19H24N2O. The highest BCUT2D eigenvalue weighted by molar-refractivity contribution is 5.92. The number of nitrogens with one attached hydrogen (secondary N) is 1. The van der Waals surface area contributed by atoms with E-state index in [1.807, 2.05) is 49.4 Å². The summed E-state index contributed by atoms with van der Waals surface area (Å²) in [5.74, 6) is 0.0268. The molecule has 2 rings (SSSR count). The standard InChI is InChI=1S/C19H24N2O/c1-15(2)21(13-17-10-5-4-6-11-17)14-19(22)20-18-12-8-7-9-16(18)3/h4-12,15H,13-14H2,1-3H3,(H,20,22). The second kappa shape index (κ2) is 7.76. The molecule has 0 saturated carbocycles. The minimum atomic E-state index is 0.0268. The van der Waals surface area contributed by atoms with Crippen LogP contribution < -0.4 is 5.32 Å². The lowest BCUT2D eigenvalue weighted by molar-refractivity contribution is -0.117. The summed E-state index contributed by atoms with van der Waals surface area (Å²) < 4.78 is 0. The second-order valence-electron chi connectivity index (χ2n) is 5.85. The average molecular weight is 296 g/mol. The normalized spacial score (nSPS) is 11.0. The second-order valence-corrected chi connectivity index (χ2v) is 5.85. The van der Waals surface area contributed by atoms with Crippen LogP contribution in [0.5, 0.6) is 0 Å². The molecule has 3 heteroatoms. The summed E-state index contributed by atoms with van der Waals surface area (Å²) in [5, 5.41) is 3.00. The Morgan fingerprint density at radius 1 is 1.05 bits per heavy atom. The molecule has 0 heterocycles. The molecular weight excluding hydrogens is 272 g/mol. The molecule has 22 heavy (non-hydrogen) atoms. The van der Waals surface area contributed by atoms with Crippen molar-refractivity contribution in [2.45, 2.75) is 33.4 Å². The molecule has 0 radical (unpaired) electrons. The van der Waals surface area contributed by atoms with E-state index in [4.69, 9.17) is 0 Å². The Hall–Kier alpha value is -2.13. The summed E-state index contributed by atoms with van der Waals surface area (Å²) in [5.41, 5.74) is 3.19. The third-order valence-electron chi connectivity index (χ3n) is 3.72. The van der Waals surface area contributed by atoms with Crippen LogP contribution in [0.2, 0.25) is 0 Å². The van der Waals surface area contributed by atoms with Gasteiger partial charge in [-0.15, -0.1) is 0 Å². The quantitative estimate of drug-likeness (QED) is 0.878. The van der Waals surface area contributed by atoms with Gasteiger partial charge < -0.3 is 5.32 Å². The fourth-order valence-electron chi connectivity index (χ4n) is 2.33. The maximum absolute atomic E-state index is 12.3. The van der Waals surface area contributed by atoms with Crippen molar-refractivity contribution in [2.75, 3.05) is 11.9 Å². The van der Waals surface area contributed by atoms with Crippen molar-refractivity contribution in [2.24, 2.45) is 0 Å². The molecule has 0 aliphatic carbocycles. The molecule has 0 unspecified atom stereocenters. The lowest BCUT2D eigenvalue weighted by atomic mass is 10.2. The van der Waals surface area contributed by atoms with Crippen LogP contribution in [0.1, 0.15) is 25.0 Å². The highest BCUT2D eigenvalue weighted by Gasteiger charge is 2.15. The summed E-state index contributed by atoms with van der Waals surface area (Å²) in [6.07, 6.45) is 0. The fraction of sp³-hybridized carbons (Fsp3) is 0.316. The molecule has 1 amide bonds. The molecule has 0 atom stereocenters. The van der Waals surface area contributed by atoms with E-state index in [9.17, 15) is 4.79 Å². The number of carbonyl (C=O) groups is 1. The number of anilines is 1. The predicted molar refractivity (Wildman–Crippen MR) is 91.8 cm³/mol. The number of aryl methyl sites for hydroxylation is 1. The molecule has 0 aliphatic rings. The van der Waals surface area contributed by atoms with Crippen LogP contribution in [0, 0.1) is 6.92 Å². The first-order valence-electron chi connectivity index (χ1n) is 7.69. The van der Waals surface area contributed by atoms with Gasteiger partial charge in [0.15, 0.2) is 0 Å². The molecule has 0 aromatic heterocycles. The van der Waals surface area contributed by atoms with E-state index in [2.05, 4.69) is 36.2 Å². The number of hydrogen-bond donors (Lipinski definition) is 1. The summed E-state index contributed by atoms with van der Waals surface area (Å²) in [4.78, 5) is 14.5. The van der Waals surface area contributed by atoms with Crippen LogP contribution in [-0.4, -0.2) is 23.4 Å². The first kappa shape index (κ1) is 16.2. The largest absolute Gasteiger partial charge is 0.325 e. The molecule has 116 valence electrons. The van der Waals surface area contributed by atoms with Gasteiger partial charge in [0.05, 0.1) is 6.54 Å². The van der Waals surface area contributed by atoms with E-state index >= 15 is 0 Å². The summed E-state index contributed by atoms with van der Waals surface area (Å²) in [7, 11) is 0. The number of rotatable bonds is 6. The third-order valence-corrected chi connectivity index (χ3v) is 3.72. The molecule has 0 fully saturated rings. The maximum atomic E-state index is 12.3. The van der Waals surface area contributed by atoms with E-state index in [0.717, 1.165) is 17.8 Å². The number of nitrogens with zero attached hydrogens (tertiary/aromatic N) is 1. The van der Waals surface area contributed by atoms with Crippen molar-refractivity contribution in [1.29, 1.82) is 0 Å². The highest BCUT2D eigenvalue weighted by atomic mass is 16.2. The zero-order valence-electron chi connectivity index (χ0n) is 13.5. The van der Waals surface area contributed by atoms with Gasteiger partial charge in [-0.2, -0.15) is 0 Å². The van der Waals surface area contributed by atoms with Gasteiger partial charge in [0.25, 0.3) is 0 Å². The summed E-state index contributed by atoms with van der Waals surface area (Å²) >= 11 is 0. The van der Waals surface area contributed by atoms with Gasteiger partial charge in [0.1, 0.15) is 0 Å². The summed E-state index contributed by atoms with van der Waals surface area (Å²) in [6, 6.07) is 18.4. The zero-order chi connectivity index (χ0) is 15.9. The Labute approximate surface area is 133 Å². The van der Waals surface area contributed by atoms with E-state index in [-0.39, 0.29) is 5.91 Å². The molecule has 0 spiro atoms. The van der Waals surface area contributed by atoms with E-state index in [1.165, 1.54) is 5.56 Å². The van der Waals surface area contributed by atoms with E-state index in [1.54, 1.807) is 0 Å². The lowest BCUT2D eigenvalue weighted by Crippen LogP contribution is -2.37.